The topological polar surface area (TPSA) is 40.5 Å². The highest BCUT2D eigenvalue weighted by Gasteiger charge is 2.57. The summed E-state index contributed by atoms with van der Waals surface area (Å²) in [6.07, 6.45) is 10.3. The molecule has 0 spiro atoms. The second kappa shape index (κ2) is 4.83. The van der Waals surface area contributed by atoms with Crippen molar-refractivity contribution in [2.75, 3.05) is 0 Å². The van der Waals surface area contributed by atoms with Crippen molar-refractivity contribution in [1.29, 1.82) is 0 Å². The summed E-state index contributed by atoms with van der Waals surface area (Å²) >= 11 is 0. The van der Waals surface area contributed by atoms with Gasteiger partial charge in [0, 0.05) is 0 Å². The molecule has 0 aromatic rings. The molecule has 3 unspecified atom stereocenters. The van der Waals surface area contributed by atoms with E-state index < -0.39 is 0 Å². The Hall–Kier alpha value is -0.340. The van der Waals surface area contributed by atoms with Crippen LogP contribution in [0, 0.1) is 35.0 Å². The average molecular weight is 290 g/mol. The molecule has 0 aromatic heterocycles. The van der Waals surface area contributed by atoms with Crippen molar-refractivity contribution in [2.24, 2.45) is 35.0 Å². The smallest absolute Gasteiger partial charge is 0.0622 e. The van der Waals surface area contributed by atoms with Crippen molar-refractivity contribution >= 4 is 0 Å². The van der Waals surface area contributed by atoms with Crippen LogP contribution in [0.1, 0.15) is 58.8 Å². The summed E-state index contributed by atoms with van der Waals surface area (Å²) in [5.41, 5.74) is 1.73. The lowest BCUT2D eigenvalue weighted by Crippen LogP contribution is -2.47. The van der Waals surface area contributed by atoms with Crippen molar-refractivity contribution in [3.05, 3.63) is 11.6 Å². The van der Waals surface area contributed by atoms with Gasteiger partial charge < -0.3 is 10.2 Å². The lowest BCUT2D eigenvalue weighted by molar-refractivity contribution is -0.0550. The Balaban J connectivity index is 1.63. The predicted octanol–water partition coefficient (Wildman–Crippen LogP) is 3.53. The first-order chi connectivity index (χ1) is 10.0. The number of hydrogen-bond donors (Lipinski definition) is 2. The molecule has 8 atom stereocenters. The summed E-state index contributed by atoms with van der Waals surface area (Å²) < 4.78 is 0. The van der Waals surface area contributed by atoms with Gasteiger partial charge in [-0.05, 0) is 80.0 Å². The van der Waals surface area contributed by atoms with E-state index in [2.05, 4.69) is 19.9 Å². The van der Waals surface area contributed by atoms with Crippen LogP contribution in [0.15, 0.2) is 11.6 Å². The number of aliphatic hydroxyl groups excluding tert-OH is 2. The maximum absolute atomic E-state index is 10.7. The minimum atomic E-state index is -0.0954. The third-order valence-corrected chi connectivity index (χ3v) is 7.70. The summed E-state index contributed by atoms with van der Waals surface area (Å²) in [4.78, 5) is 0. The van der Waals surface area contributed by atoms with E-state index in [0.717, 1.165) is 30.6 Å². The summed E-state index contributed by atoms with van der Waals surface area (Å²) in [6, 6.07) is 0. The van der Waals surface area contributed by atoms with E-state index in [9.17, 15) is 10.2 Å². The Kier molecular flexibility index (Phi) is 3.28. The summed E-state index contributed by atoms with van der Waals surface area (Å²) in [6.45, 7) is 4.59. The molecule has 3 fully saturated rings. The molecular formula is C19H30O2. The molecule has 0 radical (unpaired) electrons. The highest BCUT2D eigenvalue weighted by Crippen LogP contribution is 2.62. The Morgan fingerprint density at radius 3 is 2.76 bits per heavy atom. The van der Waals surface area contributed by atoms with E-state index in [1.165, 1.54) is 32.1 Å². The third-order valence-electron chi connectivity index (χ3n) is 7.70. The molecule has 0 heterocycles. The van der Waals surface area contributed by atoms with Gasteiger partial charge in [-0.15, -0.1) is 0 Å². The zero-order valence-corrected chi connectivity index (χ0v) is 13.5. The molecule has 118 valence electrons. The predicted molar refractivity (Wildman–Crippen MR) is 83.6 cm³/mol. The maximum atomic E-state index is 10.7. The molecule has 2 heteroatoms. The monoisotopic (exact) mass is 290 g/mol. The van der Waals surface area contributed by atoms with E-state index in [1.54, 1.807) is 5.57 Å². The van der Waals surface area contributed by atoms with Gasteiger partial charge >= 0.3 is 0 Å². The third kappa shape index (κ3) is 1.98. The minimum Gasteiger partial charge on any atom is -0.393 e. The second-order valence-electron chi connectivity index (χ2n) is 8.69. The Morgan fingerprint density at radius 1 is 1.14 bits per heavy atom. The van der Waals surface area contributed by atoms with Crippen LogP contribution in [0.2, 0.25) is 0 Å². The standard InChI is InChI=1S/C19H30O2/c1-11-9-17-16-5-3-12-10-13(20)4-6-14(12)15(16)7-8-19(17,2)18(11)21/h3,11,13-18,20-21H,4-10H2,1-2H3/t11-,13+,14-,15?,16?,17?,18-,19-/m0/s1. The second-order valence-corrected chi connectivity index (χ2v) is 8.69. The van der Waals surface area contributed by atoms with Crippen molar-refractivity contribution in [1.82, 2.24) is 0 Å². The van der Waals surface area contributed by atoms with Crippen LogP contribution in [0.5, 0.6) is 0 Å². The summed E-state index contributed by atoms with van der Waals surface area (Å²) in [7, 11) is 0. The molecule has 4 aliphatic rings. The van der Waals surface area contributed by atoms with Gasteiger partial charge in [-0.2, -0.15) is 0 Å². The fourth-order valence-corrected chi connectivity index (χ4v) is 6.59. The average Bonchev–Trinajstić information content (AvgIpc) is 2.70. The van der Waals surface area contributed by atoms with E-state index >= 15 is 0 Å². The zero-order valence-electron chi connectivity index (χ0n) is 13.5. The van der Waals surface area contributed by atoms with Crippen LogP contribution in [0.4, 0.5) is 0 Å². The molecular weight excluding hydrogens is 260 g/mol. The first-order valence-electron chi connectivity index (χ1n) is 9.05. The lowest BCUT2D eigenvalue weighted by atomic mass is 9.53. The fraction of sp³-hybridized carbons (Fsp3) is 0.895. The first-order valence-corrected chi connectivity index (χ1v) is 9.05. The summed E-state index contributed by atoms with van der Waals surface area (Å²) in [5, 5.41) is 20.6. The van der Waals surface area contributed by atoms with Gasteiger partial charge in [0.15, 0.2) is 0 Å². The number of aliphatic hydroxyl groups is 2. The number of fused-ring (bicyclic) bond motifs is 5. The van der Waals surface area contributed by atoms with Gasteiger partial charge in [-0.3, -0.25) is 0 Å². The van der Waals surface area contributed by atoms with E-state index in [4.69, 9.17) is 0 Å². The lowest BCUT2D eigenvalue weighted by Gasteiger charge is -2.53. The van der Waals surface area contributed by atoms with Gasteiger partial charge in [-0.1, -0.05) is 25.5 Å². The van der Waals surface area contributed by atoms with Gasteiger partial charge in [0.25, 0.3) is 0 Å². The van der Waals surface area contributed by atoms with E-state index in [1.807, 2.05) is 0 Å². The van der Waals surface area contributed by atoms with Crippen LogP contribution < -0.4 is 0 Å². The van der Waals surface area contributed by atoms with Crippen molar-refractivity contribution in [2.45, 2.75) is 71.0 Å². The molecule has 4 rings (SSSR count). The van der Waals surface area contributed by atoms with E-state index in [-0.39, 0.29) is 17.6 Å². The maximum Gasteiger partial charge on any atom is 0.0622 e. The molecule has 0 saturated heterocycles. The highest BCUT2D eigenvalue weighted by atomic mass is 16.3. The van der Waals surface area contributed by atoms with Gasteiger partial charge in [0.2, 0.25) is 0 Å². The van der Waals surface area contributed by atoms with Crippen LogP contribution >= 0.6 is 0 Å². The zero-order chi connectivity index (χ0) is 14.8. The number of hydrogen-bond acceptors (Lipinski definition) is 2. The highest BCUT2D eigenvalue weighted by molar-refractivity contribution is 5.20. The number of rotatable bonds is 0. The molecule has 4 aliphatic carbocycles. The first kappa shape index (κ1) is 14.3. The molecule has 0 aliphatic heterocycles. The fourth-order valence-electron chi connectivity index (χ4n) is 6.59. The molecule has 2 nitrogen and oxygen atoms in total. The molecule has 0 amide bonds. The normalized spacial score (nSPS) is 56.2. The quantitative estimate of drug-likeness (QED) is 0.670. The van der Waals surface area contributed by atoms with Crippen LogP contribution in [0.25, 0.3) is 0 Å². The van der Waals surface area contributed by atoms with E-state index in [0.29, 0.717) is 11.8 Å². The molecule has 3 saturated carbocycles. The van der Waals surface area contributed by atoms with Crippen molar-refractivity contribution < 1.29 is 10.2 Å². The summed E-state index contributed by atoms with van der Waals surface area (Å²) in [5.74, 6) is 3.54. The molecule has 0 bridgehead atoms. The van der Waals surface area contributed by atoms with Crippen LogP contribution in [-0.4, -0.2) is 22.4 Å². The molecule has 21 heavy (non-hydrogen) atoms. The Morgan fingerprint density at radius 2 is 1.95 bits per heavy atom. The van der Waals surface area contributed by atoms with Crippen LogP contribution in [0.3, 0.4) is 0 Å². The SMILES string of the molecule is C[C@H]1CC2C3CC=C4C[C@H](O)CC[C@@H]4C3CC[C@]2(C)[C@H]1O. The molecule has 0 aromatic carbocycles. The van der Waals surface area contributed by atoms with Gasteiger partial charge in [-0.25, -0.2) is 0 Å². The number of allylic oxidation sites excluding steroid dienone is 1. The van der Waals surface area contributed by atoms with Crippen molar-refractivity contribution in [3.8, 4) is 0 Å². The molecule has 2 N–H and O–H groups in total. The Labute approximate surface area is 128 Å². The van der Waals surface area contributed by atoms with Gasteiger partial charge in [0.1, 0.15) is 0 Å². The van der Waals surface area contributed by atoms with Crippen molar-refractivity contribution in [3.63, 3.8) is 0 Å². The Bertz CT molecular complexity index is 456. The largest absolute Gasteiger partial charge is 0.393 e. The van der Waals surface area contributed by atoms with Gasteiger partial charge in [0.05, 0.1) is 12.2 Å². The minimum absolute atomic E-state index is 0.0915. The van der Waals surface area contributed by atoms with Crippen LogP contribution in [-0.2, 0) is 0 Å².